The number of ether oxygens (including phenoxy) is 1. The molecule has 2 N–H and O–H groups in total. The van der Waals surface area contributed by atoms with Gasteiger partial charge in [-0.1, -0.05) is 36.4 Å². The average molecular weight is 490 g/mol. The van der Waals surface area contributed by atoms with Crippen LogP contribution in [0.1, 0.15) is 24.8 Å². The van der Waals surface area contributed by atoms with Crippen molar-refractivity contribution in [1.29, 1.82) is 0 Å². The van der Waals surface area contributed by atoms with Gasteiger partial charge in [-0.05, 0) is 65.9 Å². The van der Waals surface area contributed by atoms with Gasteiger partial charge in [-0.2, -0.15) is 0 Å². The van der Waals surface area contributed by atoms with Gasteiger partial charge in [-0.25, -0.2) is 4.39 Å². The van der Waals surface area contributed by atoms with Crippen LogP contribution in [0.15, 0.2) is 66.7 Å². The Hall–Kier alpha value is -3.29. The molecular formula is C29H32FN3O3. The van der Waals surface area contributed by atoms with E-state index in [9.17, 15) is 14.0 Å². The molecule has 0 aromatic heterocycles. The zero-order valence-corrected chi connectivity index (χ0v) is 20.3. The number of benzene rings is 3. The maximum Gasteiger partial charge on any atom is 0.228 e. The molecule has 0 saturated carbocycles. The van der Waals surface area contributed by atoms with Crippen molar-refractivity contribution >= 4 is 28.3 Å². The Labute approximate surface area is 210 Å². The lowest BCUT2D eigenvalue weighted by atomic mass is 9.87. The molecule has 0 unspecified atom stereocenters. The van der Waals surface area contributed by atoms with Crippen molar-refractivity contribution in [2.45, 2.75) is 31.9 Å². The first-order valence-electron chi connectivity index (χ1n) is 12.7. The molecule has 2 saturated heterocycles. The van der Waals surface area contributed by atoms with Crippen molar-refractivity contribution in [2.75, 3.05) is 31.6 Å². The summed E-state index contributed by atoms with van der Waals surface area (Å²) in [5.41, 5.74) is 1.69. The second kappa shape index (κ2) is 11.2. The molecule has 3 aromatic rings. The molecule has 36 heavy (non-hydrogen) atoms. The summed E-state index contributed by atoms with van der Waals surface area (Å²) in [6, 6.07) is 20.4. The van der Waals surface area contributed by atoms with Gasteiger partial charge in [0.15, 0.2) is 0 Å². The van der Waals surface area contributed by atoms with E-state index < -0.39 is 0 Å². The normalized spacial score (nSPS) is 22.4. The highest BCUT2D eigenvalue weighted by atomic mass is 19.1. The van der Waals surface area contributed by atoms with Crippen LogP contribution in [0.5, 0.6) is 0 Å². The topological polar surface area (TPSA) is 70.7 Å². The number of likely N-dealkylation sites (tertiary alicyclic amines) is 1. The number of fused-ring (bicyclic) bond motifs is 1. The Morgan fingerprint density at radius 1 is 0.944 bits per heavy atom. The number of nitrogens with zero attached hydrogens (tertiary/aromatic N) is 1. The lowest BCUT2D eigenvalue weighted by Gasteiger charge is -2.36. The molecule has 2 aliphatic rings. The smallest absolute Gasteiger partial charge is 0.228 e. The van der Waals surface area contributed by atoms with Gasteiger partial charge in [0.05, 0.1) is 17.9 Å². The fourth-order valence-electron chi connectivity index (χ4n) is 5.24. The van der Waals surface area contributed by atoms with Crippen LogP contribution in [-0.4, -0.2) is 49.1 Å². The van der Waals surface area contributed by atoms with Crippen LogP contribution < -0.4 is 10.6 Å². The third kappa shape index (κ3) is 6.09. The second-order valence-corrected chi connectivity index (χ2v) is 9.88. The predicted molar refractivity (Wildman–Crippen MR) is 138 cm³/mol. The molecule has 2 fully saturated rings. The quantitative estimate of drug-likeness (QED) is 0.518. The fourth-order valence-corrected chi connectivity index (χ4v) is 5.24. The van der Waals surface area contributed by atoms with Gasteiger partial charge in [0.2, 0.25) is 11.8 Å². The SMILES string of the molecule is O=C(NC[C@@H]1CCCO1)[C@H]1C[C@@H](C(=O)Nc2ccc(F)cc2)CN(Cc2ccc3ccccc3c2)C1. The third-order valence-electron chi connectivity index (χ3n) is 7.13. The van der Waals surface area contributed by atoms with Crippen LogP contribution in [0.25, 0.3) is 10.8 Å². The van der Waals surface area contributed by atoms with Crippen LogP contribution in [0.2, 0.25) is 0 Å². The van der Waals surface area contributed by atoms with E-state index in [0.717, 1.165) is 25.0 Å². The number of carbonyl (C=O) groups excluding carboxylic acids is 2. The predicted octanol–water partition coefficient (Wildman–Crippen LogP) is 4.35. The minimum Gasteiger partial charge on any atom is -0.376 e. The van der Waals surface area contributed by atoms with E-state index in [4.69, 9.17) is 4.74 Å². The Kier molecular flexibility index (Phi) is 7.58. The maximum atomic E-state index is 13.3. The number of nitrogens with one attached hydrogen (secondary N) is 2. The Bertz CT molecular complexity index is 1210. The van der Waals surface area contributed by atoms with Gasteiger partial charge in [0, 0.05) is 38.5 Å². The number of anilines is 1. The number of amides is 2. The molecule has 0 spiro atoms. The maximum absolute atomic E-state index is 13.3. The summed E-state index contributed by atoms with van der Waals surface area (Å²) in [5.74, 6) is -1.20. The van der Waals surface area contributed by atoms with Crippen LogP contribution in [0, 0.1) is 17.7 Å². The van der Waals surface area contributed by atoms with Gasteiger partial charge in [0.25, 0.3) is 0 Å². The number of piperidine rings is 1. The van der Waals surface area contributed by atoms with E-state index in [-0.39, 0.29) is 35.6 Å². The number of hydrogen-bond donors (Lipinski definition) is 2. The van der Waals surface area contributed by atoms with Gasteiger partial charge >= 0.3 is 0 Å². The molecular weight excluding hydrogens is 457 g/mol. The third-order valence-corrected chi connectivity index (χ3v) is 7.13. The summed E-state index contributed by atoms with van der Waals surface area (Å²) in [4.78, 5) is 28.5. The van der Waals surface area contributed by atoms with Crippen molar-refractivity contribution in [2.24, 2.45) is 11.8 Å². The number of rotatable bonds is 7. The van der Waals surface area contributed by atoms with E-state index >= 15 is 0 Å². The van der Waals surface area contributed by atoms with Crippen molar-refractivity contribution in [1.82, 2.24) is 10.2 Å². The lowest BCUT2D eigenvalue weighted by molar-refractivity contribution is -0.130. The standard InChI is InChI=1S/C29H32FN3O3/c30-25-9-11-26(12-10-25)32-29(35)24-15-23(28(34)31-16-27-6-3-13-36-27)18-33(19-24)17-20-7-8-21-4-1-2-5-22(21)14-20/h1-2,4-5,7-12,14,23-24,27H,3,6,13,15-19H2,(H,31,34)(H,32,35)/t23-,24+,27-/m0/s1. The minimum absolute atomic E-state index is 0.0340. The van der Waals surface area contributed by atoms with Gasteiger partial charge in [-0.3, -0.25) is 14.5 Å². The zero-order valence-electron chi connectivity index (χ0n) is 20.3. The summed E-state index contributed by atoms with van der Waals surface area (Å²) in [6.45, 7) is 3.04. The van der Waals surface area contributed by atoms with E-state index in [1.165, 1.54) is 22.9 Å². The molecule has 2 aliphatic heterocycles. The molecule has 6 nitrogen and oxygen atoms in total. The molecule has 188 valence electrons. The zero-order chi connectivity index (χ0) is 24.9. The molecule has 5 rings (SSSR count). The summed E-state index contributed by atoms with van der Waals surface area (Å²) < 4.78 is 18.9. The Morgan fingerprint density at radius 3 is 2.44 bits per heavy atom. The van der Waals surface area contributed by atoms with Crippen molar-refractivity contribution in [3.8, 4) is 0 Å². The van der Waals surface area contributed by atoms with Gasteiger partial charge in [-0.15, -0.1) is 0 Å². The van der Waals surface area contributed by atoms with Crippen LogP contribution in [-0.2, 0) is 20.9 Å². The van der Waals surface area contributed by atoms with E-state index in [2.05, 4.69) is 45.9 Å². The fraction of sp³-hybridized carbons (Fsp3) is 0.379. The van der Waals surface area contributed by atoms with Crippen LogP contribution >= 0.6 is 0 Å². The first-order valence-corrected chi connectivity index (χ1v) is 12.7. The van der Waals surface area contributed by atoms with Crippen LogP contribution in [0.4, 0.5) is 10.1 Å². The molecule has 2 amide bonds. The Balaban J connectivity index is 1.29. The average Bonchev–Trinajstić information content (AvgIpc) is 3.42. The minimum atomic E-state index is -0.359. The van der Waals surface area contributed by atoms with Gasteiger partial charge < -0.3 is 15.4 Å². The first kappa shape index (κ1) is 24.4. The monoisotopic (exact) mass is 489 g/mol. The highest BCUT2D eigenvalue weighted by Gasteiger charge is 2.35. The van der Waals surface area contributed by atoms with Crippen molar-refractivity contribution in [3.63, 3.8) is 0 Å². The van der Waals surface area contributed by atoms with E-state index in [1.807, 2.05) is 12.1 Å². The highest BCUT2D eigenvalue weighted by Crippen LogP contribution is 2.26. The molecule has 3 atom stereocenters. The van der Waals surface area contributed by atoms with Crippen LogP contribution in [0.3, 0.4) is 0 Å². The summed E-state index contributed by atoms with van der Waals surface area (Å²) in [5, 5.41) is 8.31. The summed E-state index contributed by atoms with van der Waals surface area (Å²) >= 11 is 0. The highest BCUT2D eigenvalue weighted by molar-refractivity contribution is 5.93. The summed E-state index contributed by atoms with van der Waals surface area (Å²) in [7, 11) is 0. The number of hydrogen-bond acceptors (Lipinski definition) is 4. The van der Waals surface area contributed by atoms with E-state index in [0.29, 0.717) is 38.3 Å². The van der Waals surface area contributed by atoms with E-state index in [1.54, 1.807) is 12.1 Å². The van der Waals surface area contributed by atoms with Crippen molar-refractivity contribution < 1.29 is 18.7 Å². The molecule has 0 radical (unpaired) electrons. The molecule has 2 heterocycles. The lowest BCUT2D eigenvalue weighted by Crippen LogP contribution is -2.49. The van der Waals surface area contributed by atoms with Crippen molar-refractivity contribution in [3.05, 3.63) is 78.1 Å². The largest absolute Gasteiger partial charge is 0.376 e. The second-order valence-electron chi connectivity index (χ2n) is 9.88. The molecule has 7 heteroatoms. The molecule has 0 aliphatic carbocycles. The first-order chi connectivity index (χ1) is 17.5. The number of halogens is 1. The molecule has 3 aromatic carbocycles. The molecule has 0 bridgehead atoms. The number of carbonyl (C=O) groups is 2. The summed E-state index contributed by atoms with van der Waals surface area (Å²) in [6.07, 6.45) is 2.53. The van der Waals surface area contributed by atoms with Gasteiger partial charge in [0.1, 0.15) is 5.82 Å². The Morgan fingerprint density at radius 2 is 1.69 bits per heavy atom.